The van der Waals surface area contributed by atoms with Crippen LogP contribution in [-0.4, -0.2) is 17.0 Å². The maximum atomic E-state index is 4.21. The lowest BCUT2D eigenvalue weighted by molar-refractivity contribution is 0.865. The van der Waals surface area contributed by atoms with E-state index in [0.29, 0.717) is 5.92 Å². The van der Waals surface area contributed by atoms with Crippen LogP contribution in [0.1, 0.15) is 36.6 Å². The molecule has 0 aliphatic heterocycles. The Labute approximate surface area is 102 Å². The highest BCUT2D eigenvalue weighted by Crippen LogP contribution is 2.16. The summed E-state index contributed by atoms with van der Waals surface area (Å²) in [6, 6.07) is 8.79. The Morgan fingerprint density at radius 2 is 1.94 bits per heavy atom. The molecule has 0 spiro atoms. The van der Waals surface area contributed by atoms with E-state index in [1.807, 2.05) is 13.2 Å². The van der Waals surface area contributed by atoms with Crippen LogP contribution in [0.2, 0.25) is 0 Å². The first-order chi connectivity index (χ1) is 8.19. The van der Waals surface area contributed by atoms with Crippen molar-refractivity contribution >= 4 is 5.95 Å². The van der Waals surface area contributed by atoms with Gasteiger partial charge in [0, 0.05) is 19.2 Å². The van der Waals surface area contributed by atoms with Crippen molar-refractivity contribution in [2.24, 2.45) is 0 Å². The smallest absolute Gasteiger partial charge is 0.200 e. The number of hydrogen-bond acceptors (Lipinski definition) is 2. The zero-order valence-electron chi connectivity index (χ0n) is 10.6. The highest BCUT2D eigenvalue weighted by atomic mass is 15.1. The van der Waals surface area contributed by atoms with Crippen molar-refractivity contribution in [2.45, 2.75) is 26.2 Å². The number of aromatic amines is 1. The molecule has 17 heavy (non-hydrogen) atoms. The predicted molar refractivity (Wildman–Crippen MR) is 71.5 cm³/mol. The number of hydrogen-bond donors (Lipinski definition) is 2. The van der Waals surface area contributed by atoms with Gasteiger partial charge >= 0.3 is 0 Å². The summed E-state index contributed by atoms with van der Waals surface area (Å²) < 4.78 is 0. The molecule has 1 aromatic heterocycles. The topological polar surface area (TPSA) is 40.7 Å². The average molecular weight is 229 g/mol. The first-order valence-corrected chi connectivity index (χ1v) is 5.99. The number of anilines is 1. The van der Waals surface area contributed by atoms with Crippen molar-refractivity contribution in [1.29, 1.82) is 0 Å². The van der Waals surface area contributed by atoms with Crippen molar-refractivity contribution in [1.82, 2.24) is 9.97 Å². The van der Waals surface area contributed by atoms with Crippen LogP contribution < -0.4 is 5.32 Å². The van der Waals surface area contributed by atoms with Crippen LogP contribution in [0.4, 0.5) is 5.95 Å². The molecule has 0 saturated heterocycles. The van der Waals surface area contributed by atoms with Gasteiger partial charge < -0.3 is 10.3 Å². The molecule has 0 saturated carbocycles. The van der Waals surface area contributed by atoms with Crippen LogP contribution in [0.5, 0.6) is 0 Å². The van der Waals surface area contributed by atoms with Crippen LogP contribution in [-0.2, 0) is 6.42 Å². The molecule has 0 aliphatic carbocycles. The largest absolute Gasteiger partial charge is 0.359 e. The van der Waals surface area contributed by atoms with Gasteiger partial charge in [-0.15, -0.1) is 0 Å². The van der Waals surface area contributed by atoms with E-state index in [2.05, 4.69) is 53.4 Å². The Hall–Kier alpha value is -1.77. The summed E-state index contributed by atoms with van der Waals surface area (Å²) in [6.45, 7) is 4.42. The van der Waals surface area contributed by atoms with Crippen LogP contribution in [0.3, 0.4) is 0 Å². The Morgan fingerprint density at radius 1 is 1.24 bits per heavy atom. The SMILES string of the molecule is CNc1ncc(Cc2ccc(C(C)C)cc2)[nH]1. The summed E-state index contributed by atoms with van der Waals surface area (Å²) in [5.41, 5.74) is 3.82. The minimum atomic E-state index is 0.590. The van der Waals surface area contributed by atoms with Crippen molar-refractivity contribution in [3.63, 3.8) is 0 Å². The number of H-pyrrole nitrogens is 1. The molecule has 90 valence electrons. The van der Waals surface area contributed by atoms with Crippen LogP contribution in [0.15, 0.2) is 30.5 Å². The molecule has 0 aliphatic rings. The van der Waals surface area contributed by atoms with E-state index in [-0.39, 0.29) is 0 Å². The molecule has 0 atom stereocenters. The second kappa shape index (κ2) is 5.04. The standard InChI is InChI=1S/C14H19N3/c1-10(2)12-6-4-11(5-7-12)8-13-9-16-14(15-3)17-13/h4-7,9-10H,8H2,1-3H3,(H2,15,16,17). The Balaban J connectivity index is 2.08. The van der Waals surface area contributed by atoms with Crippen molar-refractivity contribution in [2.75, 3.05) is 12.4 Å². The van der Waals surface area contributed by atoms with E-state index < -0.39 is 0 Å². The van der Waals surface area contributed by atoms with Gasteiger partial charge in [-0.05, 0) is 17.0 Å². The monoisotopic (exact) mass is 229 g/mol. The zero-order valence-corrected chi connectivity index (χ0v) is 10.6. The molecule has 2 rings (SSSR count). The van der Waals surface area contributed by atoms with Gasteiger partial charge in [-0.25, -0.2) is 4.98 Å². The third-order valence-electron chi connectivity index (χ3n) is 2.91. The molecule has 0 bridgehead atoms. The number of aromatic nitrogens is 2. The maximum absolute atomic E-state index is 4.21. The number of nitrogens with one attached hydrogen (secondary N) is 2. The molecule has 3 nitrogen and oxygen atoms in total. The minimum absolute atomic E-state index is 0.590. The molecule has 0 radical (unpaired) electrons. The van der Waals surface area contributed by atoms with Crippen LogP contribution in [0.25, 0.3) is 0 Å². The fraction of sp³-hybridized carbons (Fsp3) is 0.357. The fourth-order valence-corrected chi connectivity index (χ4v) is 1.82. The molecule has 2 N–H and O–H groups in total. The summed E-state index contributed by atoms with van der Waals surface area (Å²) in [7, 11) is 1.86. The van der Waals surface area contributed by atoms with Gasteiger partial charge in [-0.1, -0.05) is 38.1 Å². The van der Waals surface area contributed by atoms with Gasteiger partial charge in [0.15, 0.2) is 5.95 Å². The summed E-state index contributed by atoms with van der Waals surface area (Å²) in [6.07, 6.45) is 2.77. The number of imidazole rings is 1. The zero-order chi connectivity index (χ0) is 12.3. The first kappa shape index (κ1) is 11.7. The molecular weight excluding hydrogens is 210 g/mol. The Kier molecular flexibility index (Phi) is 3.47. The van der Waals surface area contributed by atoms with Crippen molar-refractivity contribution in [3.8, 4) is 0 Å². The number of benzene rings is 1. The molecule has 3 heteroatoms. The lowest BCUT2D eigenvalue weighted by atomic mass is 10.0. The second-order valence-electron chi connectivity index (χ2n) is 4.58. The summed E-state index contributed by atoms with van der Waals surface area (Å²) >= 11 is 0. The second-order valence-corrected chi connectivity index (χ2v) is 4.58. The first-order valence-electron chi connectivity index (χ1n) is 5.99. The molecule has 1 aromatic carbocycles. The normalized spacial score (nSPS) is 10.8. The number of rotatable bonds is 4. The summed E-state index contributed by atoms with van der Waals surface area (Å²) in [5.74, 6) is 1.41. The lowest BCUT2D eigenvalue weighted by Gasteiger charge is -2.06. The van der Waals surface area contributed by atoms with Crippen LogP contribution >= 0.6 is 0 Å². The number of nitrogens with zero attached hydrogens (tertiary/aromatic N) is 1. The molecule has 0 fully saturated rings. The van der Waals surface area contributed by atoms with Crippen molar-refractivity contribution < 1.29 is 0 Å². The van der Waals surface area contributed by atoms with E-state index in [1.54, 1.807) is 0 Å². The fourth-order valence-electron chi connectivity index (χ4n) is 1.82. The summed E-state index contributed by atoms with van der Waals surface area (Å²) in [5, 5.41) is 2.99. The van der Waals surface area contributed by atoms with Crippen LogP contribution in [0, 0.1) is 0 Å². The lowest BCUT2D eigenvalue weighted by Crippen LogP contribution is -1.92. The van der Waals surface area contributed by atoms with Gasteiger partial charge in [0.1, 0.15) is 0 Å². The molecular formula is C14H19N3. The highest BCUT2D eigenvalue weighted by molar-refractivity contribution is 5.30. The van der Waals surface area contributed by atoms with E-state index >= 15 is 0 Å². The van der Waals surface area contributed by atoms with Gasteiger partial charge in [-0.3, -0.25) is 0 Å². The van der Waals surface area contributed by atoms with E-state index in [0.717, 1.165) is 18.1 Å². The maximum Gasteiger partial charge on any atom is 0.200 e. The van der Waals surface area contributed by atoms with Gasteiger partial charge in [-0.2, -0.15) is 0 Å². The summed E-state index contributed by atoms with van der Waals surface area (Å²) in [4.78, 5) is 7.44. The van der Waals surface area contributed by atoms with Gasteiger partial charge in [0.25, 0.3) is 0 Å². The third-order valence-corrected chi connectivity index (χ3v) is 2.91. The van der Waals surface area contributed by atoms with Gasteiger partial charge in [0.05, 0.1) is 6.20 Å². The molecule has 2 aromatic rings. The minimum Gasteiger partial charge on any atom is -0.359 e. The predicted octanol–water partition coefficient (Wildman–Crippen LogP) is 3.17. The highest BCUT2D eigenvalue weighted by Gasteiger charge is 2.02. The average Bonchev–Trinajstić information content (AvgIpc) is 2.77. The molecule has 0 unspecified atom stereocenters. The third kappa shape index (κ3) is 2.87. The quantitative estimate of drug-likeness (QED) is 0.845. The molecule has 0 amide bonds. The van der Waals surface area contributed by atoms with E-state index in [4.69, 9.17) is 0 Å². The van der Waals surface area contributed by atoms with E-state index in [1.165, 1.54) is 11.1 Å². The van der Waals surface area contributed by atoms with E-state index in [9.17, 15) is 0 Å². The van der Waals surface area contributed by atoms with Crippen molar-refractivity contribution in [3.05, 3.63) is 47.3 Å². The van der Waals surface area contributed by atoms with Gasteiger partial charge in [0.2, 0.25) is 0 Å². The Bertz CT molecular complexity index is 468. The Morgan fingerprint density at radius 3 is 2.47 bits per heavy atom. The molecule has 1 heterocycles.